The number of aryl methyl sites for hydroxylation is 1. The van der Waals surface area contributed by atoms with Crippen molar-refractivity contribution in [1.29, 1.82) is 0 Å². The van der Waals surface area contributed by atoms with Gasteiger partial charge in [0.1, 0.15) is 12.2 Å². The van der Waals surface area contributed by atoms with Crippen LogP contribution in [0.25, 0.3) is 0 Å². The molecule has 3 heterocycles. The van der Waals surface area contributed by atoms with Crippen LogP contribution in [0.5, 0.6) is 0 Å². The number of aromatic nitrogens is 3. The highest BCUT2D eigenvalue weighted by Gasteiger charge is 2.32. The topological polar surface area (TPSA) is 92.2 Å². The fourth-order valence-electron chi connectivity index (χ4n) is 3.43. The first-order valence-electron chi connectivity index (χ1n) is 8.48. The summed E-state index contributed by atoms with van der Waals surface area (Å²) in [6, 6.07) is 9.12. The fraction of sp³-hybridized carbons (Fsp3) is 0.412. The molecule has 0 radical (unpaired) electrons. The van der Waals surface area contributed by atoms with Crippen LogP contribution >= 0.6 is 0 Å². The Hall–Kier alpha value is -2.90. The number of benzene rings is 1. The van der Waals surface area contributed by atoms with E-state index in [0.717, 1.165) is 24.4 Å². The summed E-state index contributed by atoms with van der Waals surface area (Å²) in [4.78, 5) is 30.4. The summed E-state index contributed by atoms with van der Waals surface area (Å²) < 4.78 is 1.82. The number of carbonyl (C=O) groups is 2. The molecule has 8 nitrogen and oxygen atoms in total. The third-order valence-electron chi connectivity index (χ3n) is 4.67. The van der Waals surface area contributed by atoms with Crippen LogP contribution < -0.4 is 15.5 Å². The second-order valence-corrected chi connectivity index (χ2v) is 6.45. The summed E-state index contributed by atoms with van der Waals surface area (Å²) in [6.45, 7) is 1.12. The number of nitrogens with zero attached hydrogens (tertiary/aromatic N) is 4. The fourth-order valence-corrected chi connectivity index (χ4v) is 3.43. The molecular weight excluding hydrogens is 320 g/mol. The van der Waals surface area contributed by atoms with Crippen LogP contribution in [0.3, 0.4) is 0 Å². The molecule has 1 fully saturated rings. The van der Waals surface area contributed by atoms with Crippen LogP contribution in [0, 0.1) is 0 Å². The SMILES string of the molecule is O=C(NC1CC(=O)N(c2ccccc2)C1)NC1CCc2ncnn2C1. The van der Waals surface area contributed by atoms with Crippen LogP contribution in [-0.4, -0.2) is 45.3 Å². The van der Waals surface area contributed by atoms with Crippen LogP contribution in [0.2, 0.25) is 0 Å². The van der Waals surface area contributed by atoms with Gasteiger partial charge in [-0.15, -0.1) is 0 Å². The van der Waals surface area contributed by atoms with Gasteiger partial charge >= 0.3 is 6.03 Å². The minimum atomic E-state index is -0.235. The van der Waals surface area contributed by atoms with Gasteiger partial charge in [-0.05, 0) is 18.6 Å². The van der Waals surface area contributed by atoms with Gasteiger partial charge < -0.3 is 15.5 Å². The highest BCUT2D eigenvalue weighted by Crippen LogP contribution is 2.21. The normalized spacial score (nSPS) is 22.6. The van der Waals surface area contributed by atoms with E-state index in [0.29, 0.717) is 19.5 Å². The van der Waals surface area contributed by atoms with Gasteiger partial charge in [0.2, 0.25) is 5.91 Å². The summed E-state index contributed by atoms with van der Waals surface area (Å²) >= 11 is 0. The third kappa shape index (κ3) is 3.33. The summed E-state index contributed by atoms with van der Waals surface area (Å²) in [5.74, 6) is 0.986. The van der Waals surface area contributed by atoms with Crippen LogP contribution in [-0.2, 0) is 17.8 Å². The molecule has 0 bridgehead atoms. The van der Waals surface area contributed by atoms with E-state index < -0.39 is 0 Å². The van der Waals surface area contributed by atoms with E-state index >= 15 is 0 Å². The van der Waals surface area contributed by atoms with Gasteiger partial charge in [0.05, 0.1) is 18.6 Å². The Bertz CT molecular complexity index is 774. The second-order valence-electron chi connectivity index (χ2n) is 6.45. The highest BCUT2D eigenvalue weighted by atomic mass is 16.2. The first kappa shape index (κ1) is 15.6. The number of hydrogen-bond donors (Lipinski definition) is 2. The van der Waals surface area contributed by atoms with E-state index in [9.17, 15) is 9.59 Å². The van der Waals surface area contributed by atoms with Crippen molar-refractivity contribution in [1.82, 2.24) is 25.4 Å². The van der Waals surface area contributed by atoms with Crippen molar-refractivity contribution in [3.05, 3.63) is 42.5 Å². The summed E-state index contributed by atoms with van der Waals surface area (Å²) in [6.07, 6.45) is 3.50. The predicted molar refractivity (Wildman–Crippen MR) is 91.0 cm³/mol. The van der Waals surface area contributed by atoms with Crippen molar-refractivity contribution in [2.24, 2.45) is 0 Å². The Kier molecular flexibility index (Phi) is 4.09. The Morgan fingerprint density at radius 1 is 1.12 bits per heavy atom. The molecule has 3 amide bonds. The van der Waals surface area contributed by atoms with Crippen molar-refractivity contribution in [2.75, 3.05) is 11.4 Å². The zero-order valence-electron chi connectivity index (χ0n) is 13.8. The van der Waals surface area contributed by atoms with Crippen molar-refractivity contribution >= 4 is 17.6 Å². The number of para-hydroxylation sites is 1. The van der Waals surface area contributed by atoms with E-state index in [1.54, 1.807) is 11.2 Å². The number of hydrogen-bond acceptors (Lipinski definition) is 4. The minimum Gasteiger partial charge on any atom is -0.334 e. The maximum atomic E-state index is 12.3. The van der Waals surface area contributed by atoms with Gasteiger partial charge in [-0.2, -0.15) is 5.10 Å². The molecule has 4 rings (SSSR count). The maximum absolute atomic E-state index is 12.3. The second kappa shape index (κ2) is 6.54. The molecular formula is C17H20N6O2. The zero-order valence-corrected chi connectivity index (χ0v) is 13.8. The van der Waals surface area contributed by atoms with E-state index in [4.69, 9.17) is 0 Å². The van der Waals surface area contributed by atoms with Crippen LogP contribution in [0.1, 0.15) is 18.7 Å². The predicted octanol–water partition coefficient (Wildman–Crippen LogP) is 0.698. The lowest BCUT2D eigenvalue weighted by atomic mass is 10.1. The first-order chi connectivity index (χ1) is 12.2. The first-order valence-corrected chi connectivity index (χ1v) is 8.48. The van der Waals surface area contributed by atoms with Crippen molar-refractivity contribution < 1.29 is 9.59 Å². The lowest BCUT2D eigenvalue weighted by Crippen LogP contribution is -2.49. The summed E-state index contributed by atoms with van der Waals surface area (Å²) in [5.41, 5.74) is 0.864. The molecule has 2 aliphatic heterocycles. The molecule has 1 aromatic carbocycles. The molecule has 0 spiro atoms. The number of urea groups is 1. The van der Waals surface area contributed by atoms with Gasteiger partial charge in [-0.3, -0.25) is 4.79 Å². The van der Waals surface area contributed by atoms with Gasteiger partial charge in [0.25, 0.3) is 0 Å². The Labute approximate surface area is 145 Å². The number of rotatable bonds is 3. The highest BCUT2D eigenvalue weighted by molar-refractivity contribution is 5.96. The lowest BCUT2D eigenvalue weighted by molar-refractivity contribution is -0.117. The molecule has 25 heavy (non-hydrogen) atoms. The van der Waals surface area contributed by atoms with Gasteiger partial charge in [-0.25, -0.2) is 14.5 Å². The van der Waals surface area contributed by atoms with Gasteiger partial charge in [0.15, 0.2) is 0 Å². The van der Waals surface area contributed by atoms with E-state index in [-0.39, 0.29) is 24.0 Å². The molecule has 8 heteroatoms. The number of nitrogens with one attached hydrogen (secondary N) is 2. The van der Waals surface area contributed by atoms with Gasteiger partial charge in [-0.1, -0.05) is 18.2 Å². The molecule has 0 saturated carbocycles. The Balaban J connectivity index is 1.31. The molecule has 2 unspecified atom stereocenters. The van der Waals surface area contributed by atoms with Crippen molar-refractivity contribution in [3.63, 3.8) is 0 Å². The van der Waals surface area contributed by atoms with Crippen LogP contribution in [0.4, 0.5) is 10.5 Å². The number of amides is 3. The monoisotopic (exact) mass is 340 g/mol. The average molecular weight is 340 g/mol. The number of anilines is 1. The summed E-state index contributed by atoms with van der Waals surface area (Å²) in [7, 11) is 0. The molecule has 2 atom stereocenters. The zero-order chi connectivity index (χ0) is 17.2. The third-order valence-corrected chi connectivity index (χ3v) is 4.67. The summed E-state index contributed by atoms with van der Waals surface area (Å²) in [5, 5.41) is 10.0. The lowest BCUT2D eigenvalue weighted by Gasteiger charge is -2.24. The van der Waals surface area contributed by atoms with Crippen molar-refractivity contribution in [3.8, 4) is 0 Å². The molecule has 1 saturated heterocycles. The van der Waals surface area contributed by atoms with E-state index in [2.05, 4.69) is 20.7 Å². The van der Waals surface area contributed by atoms with Crippen LogP contribution in [0.15, 0.2) is 36.7 Å². The molecule has 2 N–H and O–H groups in total. The average Bonchev–Trinajstić information content (AvgIpc) is 3.21. The number of carbonyl (C=O) groups excluding carboxylic acids is 2. The van der Waals surface area contributed by atoms with Gasteiger partial charge in [0, 0.05) is 25.1 Å². The van der Waals surface area contributed by atoms with Crippen molar-refractivity contribution in [2.45, 2.75) is 37.9 Å². The van der Waals surface area contributed by atoms with E-state index in [1.807, 2.05) is 35.0 Å². The van der Waals surface area contributed by atoms with E-state index in [1.165, 1.54) is 0 Å². The molecule has 130 valence electrons. The molecule has 2 aliphatic rings. The largest absolute Gasteiger partial charge is 0.334 e. The number of fused-ring (bicyclic) bond motifs is 1. The Morgan fingerprint density at radius 3 is 2.76 bits per heavy atom. The molecule has 1 aromatic heterocycles. The smallest absolute Gasteiger partial charge is 0.315 e. The quantitative estimate of drug-likeness (QED) is 0.860. The standard InChI is InChI=1S/C17H20N6O2/c24-16-8-13(9-22(16)14-4-2-1-3-5-14)21-17(25)20-12-6-7-15-18-11-19-23(15)10-12/h1-5,11-13H,6-10H2,(H2,20,21,25). The Morgan fingerprint density at radius 2 is 1.92 bits per heavy atom. The minimum absolute atomic E-state index is 0.0246. The molecule has 2 aromatic rings. The maximum Gasteiger partial charge on any atom is 0.315 e. The molecule has 0 aliphatic carbocycles.